The molecule has 25 heavy (non-hydrogen) atoms. The number of nitrogens with zero attached hydrogens (tertiary/aromatic N) is 2. The minimum Gasteiger partial charge on any atom is -0.303 e. The van der Waals surface area contributed by atoms with Crippen molar-refractivity contribution < 1.29 is 13.6 Å². The highest BCUT2D eigenvalue weighted by Crippen LogP contribution is 2.27. The minimum atomic E-state index is -2.43. The van der Waals surface area contributed by atoms with E-state index in [1.807, 2.05) is 17.5 Å². The summed E-state index contributed by atoms with van der Waals surface area (Å²) < 4.78 is 24.6. The molecule has 0 aliphatic carbocycles. The van der Waals surface area contributed by atoms with Crippen LogP contribution in [0.5, 0.6) is 0 Å². The second kappa shape index (κ2) is 8.59. The third-order valence-electron chi connectivity index (χ3n) is 3.22. The van der Waals surface area contributed by atoms with Gasteiger partial charge in [0.1, 0.15) is 0 Å². The highest BCUT2D eigenvalue weighted by atomic mass is 32.2. The molecule has 1 aromatic heterocycles. The van der Waals surface area contributed by atoms with Crippen LogP contribution in [0, 0.1) is 0 Å². The number of alkyl halides is 2. The Kier molecular flexibility index (Phi) is 6.22. The van der Waals surface area contributed by atoms with Crippen LogP contribution in [0.4, 0.5) is 8.78 Å². The van der Waals surface area contributed by atoms with Gasteiger partial charge in [-0.3, -0.25) is 4.79 Å². The lowest BCUT2D eigenvalue weighted by molar-refractivity contribution is -0.118. The molecule has 0 radical (unpaired) electrons. The predicted octanol–water partition coefficient (Wildman–Crippen LogP) is 4.23. The van der Waals surface area contributed by atoms with Gasteiger partial charge in [-0.2, -0.15) is 13.9 Å². The van der Waals surface area contributed by atoms with Crippen LogP contribution >= 0.6 is 34.9 Å². The molecule has 3 rings (SSSR count). The van der Waals surface area contributed by atoms with Crippen LogP contribution in [0.3, 0.4) is 0 Å². The van der Waals surface area contributed by atoms with Crippen LogP contribution in [0.1, 0.15) is 10.4 Å². The largest absolute Gasteiger partial charge is 0.303 e. The van der Waals surface area contributed by atoms with Crippen molar-refractivity contribution in [3.63, 3.8) is 0 Å². The average Bonchev–Trinajstić information content (AvgIpc) is 3.19. The van der Waals surface area contributed by atoms with Crippen LogP contribution < -0.4 is 5.32 Å². The molecule has 2 aromatic rings. The van der Waals surface area contributed by atoms with Crippen LogP contribution in [-0.4, -0.2) is 28.3 Å². The fraction of sp³-hybridized carbons (Fsp3) is 0.188. The Morgan fingerprint density at radius 2 is 2.08 bits per heavy atom. The Morgan fingerprint density at radius 3 is 2.76 bits per heavy atom. The van der Waals surface area contributed by atoms with E-state index in [2.05, 4.69) is 15.5 Å². The molecular weight excluding hydrogens is 384 g/mol. The lowest BCUT2D eigenvalue weighted by Crippen LogP contribution is -2.25. The first-order valence-electron chi connectivity index (χ1n) is 7.26. The molecule has 1 fully saturated rings. The summed E-state index contributed by atoms with van der Waals surface area (Å²) in [5.74, 6) is -2.56. The van der Waals surface area contributed by atoms with Gasteiger partial charge >= 0.3 is 0 Å². The molecule has 1 N–H and O–H groups in total. The maximum Gasteiger partial charge on any atom is 0.288 e. The minimum absolute atomic E-state index is 0.124. The lowest BCUT2D eigenvalue weighted by Gasteiger charge is -2.06. The van der Waals surface area contributed by atoms with Gasteiger partial charge in [0.25, 0.3) is 5.76 Å². The third kappa shape index (κ3) is 5.38. The van der Waals surface area contributed by atoms with Crippen molar-refractivity contribution in [1.82, 2.24) is 5.32 Å². The number of thiophene rings is 1. The molecule has 1 amide bonds. The summed E-state index contributed by atoms with van der Waals surface area (Å²) in [4.78, 5) is 13.5. The van der Waals surface area contributed by atoms with E-state index in [9.17, 15) is 13.6 Å². The topological polar surface area (TPSA) is 53.8 Å². The molecule has 0 bridgehead atoms. The van der Waals surface area contributed by atoms with Crippen molar-refractivity contribution in [3.05, 3.63) is 52.2 Å². The van der Waals surface area contributed by atoms with Crippen LogP contribution in [0.15, 0.2) is 56.9 Å². The molecule has 9 heteroatoms. The molecule has 1 saturated heterocycles. The molecule has 1 aliphatic rings. The number of thioether (sulfide) groups is 2. The van der Waals surface area contributed by atoms with Crippen molar-refractivity contribution >= 4 is 52.1 Å². The van der Waals surface area contributed by atoms with E-state index in [0.29, 0.717) is 28.2 Å². The van der Waals surface area contributed by atoms with Gasteiger partial charge in [0.05, 0.1) is 11.5 Å². The average molecular weight is 397 g/mol. The van der Waals surface area contributed by atoms with Crippen molar-refractivity contribution in [2.75, 3.05) is 0 Å². The molecule has 1 atom stereocenters. The van der Waals surface area contributed by atoms with Gasteiger partial charge in [0, 0.05) is 9.77 Å². The van der Waals surface area contributed by atoms with Crippen LogP contribution in [-0.2, 0) is 11.2 Å². The summed E-state index contributed by atoms with van der Waals surface area (Å²) in [6, 6.07) is 10.7. The maximum absolute atomic E-state index is 12.3. The monoisotopic (exact) mass is 397 g/mol. The first-order chi connectivity index (χ1) is 12.1. The molecule has 0 spiro atoms. The van der Waals surface area contributed by atoms with Gasteiger partial charge in [0.15, 0.2) is 5.17 Å². The Bertz CT molecular complexity index is 776. The zero-order valence-corrected chi connectivity index (χ0v) is 15.2. The molecule has 130 valence electrons. The van der Waals surface area contributed by atoms with Gasteiger partial charge in [-0.05, 0) is 35.6 Å². The molecule has 4 nitrogen and oxygen atoms in total. The van der Waals surface area contributed by atoms with Crippen molar-refractivity contribution in [3.8, 4) is 0 Å². The summed E-state index contributed by atoms with van der Waals surface area (Å²) in [6.07, 6.45) is 2.14. The molecular formula is C16H13F2N3OS3. The molecule has 2 heterocycles. The zero-order valence-electron chi connectivity index (χ0n) is 12.8. The second-order valence-electron chi connectivity index (χ2n) is 4.99. The fourth-order valence-corrected chi connectivity index (χ4v) is 4.15. The van der Waals surface area contributed by atoms with Crippen molar-refractivity contribution in [2.45, 2.75) is 22.3 Å². The van der Waals surface area contributed by atoms with E-state index in [4.69, 9.17) is 0 Å². The number of rotatable bonds is 6. The standard InChI is InChI=1S/C16H13F2N3OS3/c17-15(18)24-11-5-3-10(4-6-11)8-13-14(22)20-16(25-13)21-19-9-12-2-1-7-23-12/h1-7,9,13,15H,8H2,(H,20,21,22). The van der Waals surface area contributed by atoms with E-state index >= 15 is 0 Å². The number of amidine groups is 1. The Hall–Kier alpha value is -1.71. The summed E-state index contributed by atoms with van der Waals surface area (Å²) in [6.45, 7) is 0. The van der Waals surface area contributed by atoms with E-state index in [0.717, 1.165) is 10.4 Å². The fourth-order valence-electron chi connectivity index (χ4n) is 2.11. The number of halogens is 2. The Morgan fingerprint density at radius 1 is 1.28 bits per heavy atom. The second-order valence-corrected chi connectivity index (χ2v) is 8.22. The van der Waals surface area contributed by atoms with E-state index in [-0.39, 0.29) is 11.2 Å². The van der Waals surface area contributed by atoms with Crippen molar-refractivity contribution in [2.24, 2.45) is 10.2 Å². The zero-order chi connectivity index (χ0) is 17.6. The summed E-state index contributed by atoms with van der Waals surface area (Å²) in [5.41, 5.74) is 0.912. The summed E-state index contributed by atoms with van der Waals surface area (Å²) in [5, 5.41) is 12.8. The SMILES string of the molecule is O=C1NC(=NN=Cc2cccs2)SC1Cc1ccc(SC(F)F)cc1. The van der Waals surface area contributed by atoms with Gasteiger partial charge in [-0.25, -0.2) is 0 Å². The molecule has 1 unspecified atom stereocenters. The van der Waals surface area contributed by atoms with Gasteiger partial charge in [-0.1, -0.05) is 41.7 Å². The van der Waals surface area contributed by atoms with Crippen LogP contribution in [0.2, 0.25) is 0 Å². The normalized spacial score (nSPS) is 19.2. The van der Waals surface area contributed by atoms with E-state index in [1.54, 1.807) is 41.8 Å². The molecule has 1 aliphatic heterocycles. The van der Waals surface area contributed by atoms with Gasteiger partial charge in [-0.15, -0.1) is 16.4 Å². The summed E-state index contributed by atoms with van der Waals surface area (Å²) >= 11 is 3.38. The number of benzene rings is 1. The highest BCUT2D eigenvalue weighted by Gasteiger charge is 2.30. The smallest absolute Gasteiger partial charge is 0.288 e. The quantitative estimate of drug-likeness (QED) is 0.451. The lowest BCUT2D eigenvalue weighted by atomic mass is 10.1. The van der Waals surface area contributed by atoms with Crippen molar-refractivity contribution in [1.29, 1.82) is 0 Å². The molecule has 1 aromatic carbocycles. The summed E-state index contributed by atoms with van der Waals surface area (Å²) in [7, 11) is 0. The molecule has 0 saturated carbocycles. The number of hydrogen-bond donors (Lipinski definition) is 1. The van der Waals surface area contributed by atoms with E-state index in [1.165, 1.54) is 11.8 Å². The van der Waals surface area contributed by atoms with Gasteiger partial charge < -0.3 is 5.32 Å². The predicted molar refractivity (Wildman–Crippen MR) is 101 cm³/mol. The Balaban J connectivity index is 1.57. The highest BCUT2D eigenvalue weighted by molar-refractivity contribution is 8.15. The Labute approximate surface area is 155 Å². The van der Waals surface area contributed by atoms with Gasteiger partial charge in [0.2, 0.25) is 5.91 Å². The number of amides is 1. The van der Waals surface area contributed by atoms with E-state index < -0.39 is 5.76 Å². The maximum atomic E-state index is 12.3. The first-order valence-corrected chi connectivity index (χ1v) is 9.90. The first kappa shape index (κ1) is 18.1. The number of hydrogen-bond acceptors (Lipinski definition) is 6. The third-order valence-corrected chi connectivity index (χ3v) is 5.82. The van der Waals surface area contributed by atoms with Crippen LogP contribution in [0.25, 0.3) is 0 Å². The number of carbonyl (C=O) groups excluding carboxylic acids is 1. The number of nitrogens with one attached hydrogen (secondary N) is 1. The number of carbonyl (C=O) groups is 1.